The summed E-state index contributed by atoms with van der Waals surface area (Å²) in [4.78, 5) is 14.7. The highest BCUT2D eigenvalue weighted by Crippen LogP contribution is 2.24. The molecule has 5 nitrogen and oxygen atoms in total. The minimum atomic E-state index is -0.0256. The number of para-hydroxylation sites is 2. The van der Waals surface area contributed by atoms with Crippen molar-refractivity contribution in [3.63, 3.8) is 0 Å². The number of carbonyl (C=O) groups is 1. The van der Waals surface area contributed by atoms with Gasteiger partial charge in [0.2, 0.25) is 5.91 Å². The summed E-state index contributed by atoms with van der Waals surface area (Å²) in [5.74, 6) is -0.0256. The molecule has 0 aromatic heterocycles. The molecule has 1 heterocycles. The highest BCUT2D eigenvalue weighted by Gasteiger charge is 2.17. The van der Waals surface area contributed by atoms with Crippen LogP contribution in [-0.4, -0.2) is 37.0 Å². The van der Waals surface area contributed by atoms with Gasteiger partial charge < -0.3 is 21.3 Å². The Labute approximate surface area is 173 Å². The van der Waals surface area contributed by atoms with Gasteiger partial charge in [-0.25, -0.2) is 0 Å². The molecule has 2 aromatic rings. The Kier molecular flexibility index (Phi) is 9.43. The molecule has 1 aliphatic rings. The van der Waals surface area contributed by atoms with Crippen LogP contribution in [0.4, 0.5) is 17.1 Å². The van der Waals surface area contributed by atoms with Gasteiger partial charge >= 0.3 is 0 Å². The van der Waals surface area contributed by atoms with Crippen molar-refractivity contribution in [2.24, 2.45) is 0 Å². The van der Waals surface area contributed by atoms with E-state index in [1.807, 2.05) is 48.5 Å². The zero-order chi connectivity index (χ0) is 17.6. The molecule has 0 bridgehead atoms. The normalized spacial score (nSPS) is 14.6. The van der Waals surface area contributed by atoms with Crippen molar-refractivity contribution in [3.05, 3.63) is 54.1 Å². The van der Waals surface area contributed by atoms with Gasteiger partial charge in [0.15, 0.2) is 0 Å². The van der Waals surface area contributed by atoms with Crippen LogP contribution < -0.4 is 16.4 Å². The molecular weight excluding hydrogens is 383 g/mol. The number of hydrogen-bond donors (Lipinski definition) is 3. The molecule has 148 valence electrons. The third-order valence-electron chi connectivity index (χ3n) is 4.62. The second-order valence-corrected chi connectivity index (χ2v) is 6.73. The third kappa shape index (κ3) is 6.94. The van der Waals surface area contributed by atoms with Crippen LogP contribution in [0.25, 0.3) is 0 Å². The Morgan fingerprint density at radius 2 is 1.63 bits per heavy atom. The van der Waals surface area contributed by atoms with Crippen molar-refractivity contribution >= 4 is 47.8 Å². The number of carbonyl (C=O) groups excluding carboxylic acids is 1. The van der Waals surface area contributed by atoms with Crippen molar-refractivity contribution in [2.45, 2.75) is 25.3 Å². The van der Waals surface area contributed by atoms with Gasteiger partial charge in [0.05, 0.1) is 17.8 Å². The highest BCUT2D eigenvalue weighted by molar-refractivity contribution is 5.95. The molecule has 0 spiro atoms. The van der Waals surface area contributed by atoms with Gasteiger partial charge in [0.1, 0.15) is 0 Å². The number of piperidine rings is 1. The number of halogens is 2. The topological polar surface area (TPSA) is 70.4 Å². The Morgan fingerprint density at radius 3 is 2.26 bits per heavy atom. The molecule has 1 amide bonds. The number of amides is 1. The van der Waals surface area contributed by atoms with Gasteiger partial charge in [-0.05, 0) is 62.8 Å². The molecule has 1 aliphatic heterocycles. The lowest BCUT2D eigenvalue weighted by atomic mass is 10.0. The zero-order valence-electron chi connectivity index (χ0n) is 15.5. The van der Waals surface area contributed by atoms with Crippen molar-refractivity contribution in [3.8, 4) is 0 Å². The molecule has 0 radical (unpaired) electrons. The summed E-state index contributed by atoms with van der Waals surface area (Å²) in [5, 5.41) is 6.62. The van der Waals surface area contributed by atoms with E-state index in [0.717, 1.165) is 42.9 Å². The number of benzene rings is 2. The predicted molar refractivity (Wildman–Crippen MR) is 118 cm³/mol. The van der Waals surface area contributed by atoms with Crippen LogP contribution in [0.3, 0.4) is 0 Å². The van der Waals surface area contributed by atoms with Crippen molar-refractivity contribution in [1.29, 1.82) is 0 Å². The van der Waals surface area contributed by atoms with E-state index in [9.17, 15) is 4.79 Å². The van der Waals surface area contributed by atoms with Gasteiger partial charge in [-0.15, -0.1) is 24.8 Å². The molecule has 1 fully saturated rings. The summed E-state index contributed by atoms with van der Waals surface area (Å²) in [6.07, 6.45) is 2.57. The van der Waals surface area contributed by atoms with Crippen molar-refractivity contribution in [2.75, 3.05) is 36.5 Å². The average Bonchev–Trinajstić information content (AvgIpc) is 2.61. The van der Waals surface area contributed by atoms with Crippen LogP contribution in [0.5, 0.6) is 0 Å². The number of anilines is 3. The summed E-state index contributed by atoms with van der Waals surface area (Å²) < 4.78 is 0. The van der Waals surface area contributed by atoms with Gasteiger partial charge in [-0.3, -0.25) is 4.79 Å². The van der Waals surface area contributed by atoms with Gasteiger partial charge in [0.25, 0.3) is 0 Å². The molecule has 3 rings (SSSR count). The minimum Gasteiger partial charge on any atom is -0.399 e. The molecule has 0 saturated carbocycles. The van der Waals surface area contributed by atoms with Crippen LogP contribution in [0, 0.1) is 0 Å². The number of hydrogen-bond acceptors (Lipinski definition) is 4. The largest absolute Gasteiger partial charge is 0.399 e. The number of nitrogens with zero attached hydrogens (tertiary/aromatic N) is 1. The fourth-order valence-electron chi connectivity index (χ4n) is 3.11. The molecule has 1 saturated heterocycles. The first-order chi connectivity index (χ1) is 12.1. The summed E-state index contributed by atoms with van der Waals surface area (Å²) in [6.45, 7) is 2.20. The fraction of sp³-hybridized carbons (Fsp3) is 0.350. The van der Waals surface area contributed by atoms with E-state index in [-0.39, 0.29) is 30.7 Å². The average molecular weight is 411 g/mol. The molecular formula is C20H28Cl2N4O. The Bertz CT molecular complexity index is 716. The first kappa shape index (κ1) is 23.1. The maximum atomic E-state index is 12.4. The Morgan fingerprint density at radius 1 is 1.04 bits per heavy atom. The quantitative estimate of drug-likeness (QED) is 0.655. The van der Waals surface area contributed by atoms with Crippen molar-refractivity contribution in [1.82, 2.24) is 4.90 Å². The van der Waals surface area contributed by atoms with Gasteiger partial charge in [0, 0.05) is 11.7 Å². The van der Waals surface area contributed by atoms with Crippen LogP contribution in [0.15, 0.2) is 48.5 Å². The first-order valence-corrected chi connectivity index (χ1v) is 8.78. The van der Waals surface area contributed by atoms with E-state index in [4.69, 9.17) is 5.73 Å². The van der Waals surface area contributed by atoms with Crippen LogP contribution in [-0.2, 0) is 11.2 Å². The second kappa shape index (κ2) is 11.0. The lowest BCUT2D eigenvalue weighted by Crippen LogP contribution is -2.36. The smallest absolute Gasteiger partial charge is 0.228 e. The maximum absolute atomic E-state index is 12.4. The van der Waals surface area contributed by atoms with E-state index in [0.29, 0.717) is 18.2 Å². The number of rotatable bonds is 5. The zero-order valence-corrected chi connectivity index (χ0v) is 17.1. The van der Waals surface area contributed by atoms with Crippen LogP contribution in [0.1, 0.15) is 18.4 Å². The monoisotopic (exact) mass is 410 g/mol. The maximum Gasteiger partial charge on any atom is 0.228 e. The molecule has 2 aromatic carbocycles. The highest BCUT2D eigenvalue weighted by atomic mass is 35.5. The Balaban J connectivity index is 0.00000182. The van der Waals surface area contributed by atoms with Crippen LogP contribution >= 0.6 is 24.8 Å². The summed E-state index contributed by atoms with van der Waals surface area (Å²) in [6, 6.07) is 15.8. The molecule has 27 heavy (non-hydrogen) atoms. The molecule has 4 N–H and O–H groups in total. The van der Waals surface area contributed by atoms with E-state index in [2.05, 4.69) is 22.6 Å². The third-order valence-corrected chi connectivity index (χ3v) is 4.62. The van der Waals surface area contributed by atoms with E-state index in [1.54, 1.807) is 0 Å². The number of nitrogens with one attached hydrogen (secondary N) is 2. The summed E-state index contributed by atoms with van der Waals surface area (Å²) in [5.41, 5.74) is 9.17. The van der Waals surface area contributed by atoms with Gasteiger partial charge in [-0.1, -0.05) is 24.3 Å². The van der Waals surface area contributed by atoms with E-state index >= 15 is 0 Å². The van der Waals surface area contributed by atoms with E-state index < -0.39 is 0 Å². The van der Waals surface area contributed by atoms with Crippen LogP contribution in [0.2, 0.25) is 0 Å². The van der Waals surface area contributed by atoms with Crippen molar-refractivity contribution < 1.29 is 4.79 Å². The van der Waals surface area contributed by atoms with Gasteiger partial charge in [-0.2, -0.15) is 0 Å². The second-order valence-electron chi connectivity index (χ2n) is 6.73. The minimum absolute atomic E-state index is 0. The lowest BCUT2D eigenvalue weighted by Gasteiger charge is -2.30. The molecule has 7 heteroatoms. The lowest BCUT2D eigenvalue weighted by molar-refractivity contribution is -0.115. The Hall–Kier alpha value is -1.95. The number of nitrogens with two attached hydrogens (primary N) is 1. The standard InChI is InChI=1S/C20H26N4O.2ClH/c1-24-12-10-17(11-13-24)22-18-4-2-3-5-19(18)23-20(25)14-15-6-8-16(21)9-7-15;;/h2-9,17,22H,10-14,21H2,1H3,(H,23,25);2*1H. The SMILES string of the molecule is CN1CCC(Nc2ccccc2NC(=O)Cc2ccc(N)cc2)CC1.Cl.Cl. The predicted octanol–water partition coefficient (Wildman–Crippen LogP) is 3.80. The summed E-state index contributed by atoms with van der Waals surface area (Å²) >= 11 is 0. The number of likely N-dealkylation sites (tertiary alicyclic amines) is 1. The molecule has 0 aliphatic carbocycles. The fourth-order valence-corrected chi connectivity index (χ4v) is 3.11. The van der Waals surface area contributed by atoms with E-state index in [1.165, 1.54) is 0 Å². The number of nitrogen functional groups attached to an aromatic ring is 1. The summed E-state index contributed by atoms with van der Waals surface area (Å²) in [7, 11) is 2.15. The molecule has 0 atom stereocenters. The molecule has 0 unspecified atom stereocenters. The first-order valence-electron chi connectivity index (χ1n) is 8.78.